The van der Waals surface area contributed by atoms with Crippen molar-refractivity contribution in [1.29, 1.82) is 0 Å². The molecule has 1 atom stereocenters. The number of hydrogen-bond donors (Lipinski definition) is 2. The molecule has 0 radical (unpaired) electrons. The summed E-state index contributed by atoms with van der Waals surface area (Å²) in [6, 6.07) is 12.6. The van der Waals surface area contributed by atoms with Gasteiger partial charge in [-0.2, -0.15) is 0 Å². The number of hydrogen-bond acceptors (Lipinski definition) is 4. The Morgan fingerprint density at radius 1 is 1.30 bits per heavy atom. The number of nitrogens with two attached hydrogens (primary N) is 1. The number of carbonyl (C=O) groups excluding carboxylic acids is 1. The molecule has 5 nitrogen and oxygen atoms in total. The van der Waals surface area contributed by atoms with Crippen LogP contribution >= 0.6 is 0 Å². The Balaban J connectivity index is 1.88. The van der Waals surface area contributed by atoms with E-state index in [1.165, 1.54) is 0 Å². The van der Waals surface area contributed by atoms with Crippen molar-refractivity contribution >= 4 is 11.6 Å². The Kier molecular flexibility index (Phi) is 4.55. The minimum Gasteiger partial charge on any atom is -0.479 e. The van der Waals surface area contributed by atoms with Gasteiger partial charge in [-0.3, -0.25) is 9.78 Å². The van der Waals surface area contributed by atoms with Crippen LogP contribution in [0.25, 0.3) is 0 Å². The molecule has 1 heterocycles. The molecular formula is C15H17N3O2. The van der Waals surface area contributed by atoms with Crippen LogP contribution in [0.3, 0.4) is 0 Å². The molecule has 2 rings (SSSR count). The second kappa shape index (κ2) is 6.56. The summed E-state index contributed by atoms with van der Waals surface area (Å²) < 4.78 is 5.54. The summed E-state index contributed by atoms with van der Waals surface area (Å²) in [5.74, 6) is 0.298. The highest BCUT2D eigenvalue weighted by molar-refractivity contribution is 5.80. The minimum absolute atomic E-state index is 0.209. The average molecular weight is 271 g/mol. The fourth-order valence-corrected chi connectivity index (χ4v) is 1.66. The number of pyridine rings is 1. The van der Waals surface area contributed by atoms with Gasteiger partial charge >= 0.3 is 0 Å². The van der Waals surface area contributed by atoms with Crippen LogP contribution in [0.2, 0.25) is 0 Å². The first kappa shape index (κ1) is 13.9. The lowest BCUT2D eigenvalue weighted by molar-refractivity contribution is -0.127. The number of para-hydroxylation sites is 2. The largest absolute Gasteiger partial charge is 0.479 e. The van der Waals surface area contributed by atoms with Crippen LogP contribution in [0.5, 0.6) is 5.75 Å². The lowest BCUT2D eigenvalue weighted by Gasteiger charge is -2.15. The number of ether oxygens (including phenoxy) is 1. The molecule has 0 saturated heterocycles. The Bertz CT molecular complexity index is 572. The molecule has 0 aliphatic carbocycles. The molecule has 3 N–H and O–H groups in total. The first-order valence-electron chi connectivity index (χ1n) is 6.35. The van der Waals surface area contributed by atoms with Crippen molar-refractivity contribution in [3.05, 3.63) is 54.4 Å². The number of rotatable bonds is 5. The van der Waals surface area contributed by atoms with Gasteiger partial charge < -0.3 is 15.8 Å². The van der Waals surface area contributed by atoms with Crippen LogP contribution in [-0.2, 0) is 11.3 Å². The Morgan fingerprint density at radius 2 is 2.05 bits per heavy atom. The number of aromatic nitrogens is 1. The zero-order chi connectivity index (χ0) is 14.4. The van der Waals surface area contributed by atoms with Crippen molar-refractivity contribution in [2.75, 3.05) is 5.73 Å². The molecule has 20 heavy (non-hydrogen) atoms. The number of anilines is 1. The topological polar surface area (TPSA) is 77.2 Å². The molecule has 1 amide bonds. The van der Waals surface area contributed by atoms with Gasteiger partial charge in [-0.1, -0.05) is 18.2 Å². The number of nitrogens with zero attached hydrogens (tertiary/aromatic N) is 1. The van der Waals surface area contributed by atoms with E-state index >= 15 is 0 Å². The first-order valence-corrected chi connectivity index (χ1v) is 6.35. The monoisotopic (exact) mass is 271 g/mol. The third-order valence-electron chi connectivity index (χ3n) is 2.76. The maximum atomic E-state index is 11.9. The SMILES string of the molecule is CC(Oc1ccccc1N)C(=O)NCc1ccccn1. The molecule has 0 spiro atoms. The second-order valence-corrected chi connectivity index (χ2v) is 4.34. The van der Waals surface area contributed by atoms with E-state index < -0.39 is 6.10 Å². The van der Waals surface area contributed by atoms with Gasteiger partial charge in [0.05, 0.1) is 17.9 Å². The number of amides is 1. The highest BCUT2D eigenvalue weighted by atomic mass is 16.5. The van der Waals surface area contributed by atoms with Crippen molar-refractivity contribution in [2.24, 2.45) is 0 Å². The molecule has 0 saturated carbocycles. The third-order valence-corrected chi connectivity index (χ3v) is 2.76. The Labute approximate surface area is 117 Å². The number of benzene rings is 1. The fraction of sp³-hybridized carbons (Fsp3) is 0.200. The minimum atomic E-state index is -0.622. The fourth-order valence-electron chi connectivity index (χ4n) is 1.66. The van der Waals surface area contributed by atoms with Crippen molar-refractivity contribution in [1.82, 2.24) is 10.3 Å². The zero-order valence-corrected chi connectivity index (χ0v) is 11.2. The molecule has 2 aromatic rings. The number of nitrogens with one attached hydrogen (secondary N) is 1. The van der Waals surface area contributed by atoms with Crippen LogP contribution in [0, 0.1) is 0 Å². The van der Waals surface area contributed by atoms with Gasteiger partial charge in [0.15, 0.2) is 6.10 Å². The van der Waals surface area contributed by atoms with Crippen molar-refractivity contribution in [3.8, 4) is 5.75 Å². The van der Waals surface area contributed by atoms with Gasteiger partial charge in [-0.15, -0.1) is 0 Å². The number of carbonyl (C=O) groups is 1. The molecular weight excluding hydrogens is 254 g/mol. The van der Waals surface area contributed by atoms with Gasteiger partial charge in [-0.05, 0) is 31.2 Å². The van der Waals surface area contributed by atoms with Crippen molar-refractivity contribution < 1.29 is 9.53 Å². The van der Waals surface area contributed by atoms with E-state index in [2.05, 4.69) is 10.3 Å². The average Bonchev–Trinajstić information content (AvgIpc) is 2.48. The van der Waals surface area contributed by atoms with E-state index in [4.69, 9.17) is 10.5 Å². The van der Waals surface area contributed by atoms with Crippen LogP contribution < -0.4 is 15.8 Å². The molecule has 1 unspecified atom stereocenters. The van der Waals surface area contributed by atoms with Crippen LogP contribution in [0.15, 0.2) is 48.7 Å². The van der Waals surface area contributed by atoms with Crippen LogP contribution in [0.4, 0.5) is 5.69 Å². The molecule has 1 aromatic carbocycles. The van der Waals surface area contributed by atoms with Crippen molar-refractivity contribution in [2.45, 2.75) is 19.6 Å². The smallest absolute Gasteiger partial charge is 0.261 e. The lowest BCUT2D eigenvalue weighted by Crippen LogP contribution is -2.36. The van der Waals surface area contributed by atoms with Crippen LogP contribution in [0.1, 0.15) is 12.6 Å². The van der Waals surface area contributed by atoms with Gasteiger partial charge in [0.1, 0.15) is 5.75 Å². The molecule has 104 valence electrons. The summed E-state index contributed by atoms with van der Waals surface area (Å²) in [7, 11) is 0. The van der Waals surface area contributed by atoms with E-state index in [1.807, 2.05) is 30.3 Å². The summed E-state index contributed by atoms with van der Waals surface area (Å²) in [4.78, 5) is 16.1. The summed E-state index contributed by atoms with van der Waals surface area (Å²) in [6.07, 6.45) is 1.06. The highest BCUT2D eigenvalue weighted by Gasteiger charge is 2.15. The molecule has 0 fully saturated rings. The summed E-state index contributed by atoms with van der Waals surface area (Å²) >= 11 is 0. The van der Waals surface area contributed by atoms with Gasteiger partial charge in [0, 0.05) is 6.20 Å². The van der Waals surface area contributed by atoms with E-state index in [-0.39, 0.29) is 5.91 Å². The van der Waals surface area contributed by atoms with Crippen molar-refractivity contribution in [3.63, 3.8) is 0 Å². The summed E-state index contributed by atoms with van der Waals surface area (Å²) in [5.41, 5.74) is 7.08. The van der Waals surface area contributed by atoms with E-state index in [0.29, 0.717) is 18.0 Å². The Morgan fingerprint density at radius 3 is 2.75 bits per heavy atom. The standard InChI is InChI=1S/C15H17N3O2/c1-11(20-14-8-3-2-7-13(14)16)15(19)18-10-12-6-4-5-9-17-12/h2-9,11H,10,16H2,1H3,(H,18,19). The number of nitrogen functional groups attached to an aromatic ring is 1. The maximum Gasteiger partial charge on any atom is 0.261 e. The molecule has 0 bridgehead atoms. The summed E-state index contributed by atoms with van der Waals surface area (Å²) in [6.45, 7) is 2.05. The lowest BCUT2D eigenvalue weighted by atomic mass is 10.3. The predicted octanol–water partition coefficient (Wildman–Crippen LogP) is 1.75. The summed E-state index contributed by atoms with van der Waals surface area (Å²) in [5, 5.41) is 2.77. The highest BCUT2D eigenvalue weighted by Crippen LogP contribution is 2.21. The molecule has 0 aliphatic rings. The normalized spacial score (nSPS) is 11.7. The first-order chi connectivity index (χ1) is 9.66. The quantitative estimate of drug-likeness (QED) is 0.812. The molecule has 5 heteroatoms. The molecule has 1 aromatic heterocycles. The van der Waals surface area contributed by atoms with Gasteiger partial charge in [0.2, 0.25) is 0 Å². The van der Waals surface area contributed by atoms with E-state index in [1.54, 1.807) is 25.3 Å². The van der Waals surface area contributed by atoms with E-state index in [0.717, 1.165) is 5.69 Å². The zero-order valence-electron chi connectivity index (χ0n) is 11.2. The third kappa shape index (κ3) is 3.71. The predicted molar refractivity (Wildman–Crippen MR) is 77.0 cm³/mol. The van der Waals surface area contributed by atoms with Crippen LogP contribution in [-0.4, -0.2) is 17.0 Å². The van der Waals surface area contributed by atoms with E-state index in [9.17, 15) is 4.79 Å². The Hall–Kier alpha value is -2.56. The second-order valence-electron chi connectivity index (χ2n) is 4.34. The van der Waals surface area contributed by atoms with Gasteiger partial charge in [-0.25, -0.2) is 0 Å². The van der Waals surface area contributed by atoms with Gasteiger partial charge in [0.25, 0.3) is 5.91 Å². The maximum absolute atomic E-state index is 11.9. The molecule has 0 aliphatic heterocycles.